The van der Waals surface area contributed by atoms with Crippen LogP contribution in [0.1, 0.15) is 54.9 Å². The number of hydrogen-bond acceptors (Lipinski definition) is 4. The van der Waals surface area contributed by atoms with E-state index in [0.717, 1.165) is 24.8 Å². The SMILES string of the molecule is CC(C)S(=O)(=O)NC1CCCC1c1ccc(NC(=O)c2cccc(N)c2)cc1. The first-order valence-corrected chi connectivity index (χ1v) is 11.1. The molecule has 0 aromatic heterocycles. The molecule has 3 rings (SSSR count). The summed E-state index contributed by atoms with van der Waals surface area (Å²) < 4.78 is 27.3. The third-order valence-corrected chi connectivity index (χ3v) is 7.07. The van der Waals surface area contributed by atoms with E-state index in [4.69, 9.17) is 5.73 Å². The lowest BCUT2D eigenvalue weighted by Crippen LogP contribution is -2.40. The Morgan fingerprint density at radius 2 is 1.82 bits per heavy atom. The number of nitrogens with one attached hydrogen (secondary N) is 2. The number of nitrogen functional groups attached to an aromatic ring is 1. The smallest absolute Gasteiger partial charge is 0.255 e. The maximum atomic E-state index is 12.3. The normalized spacial score (nSPS) is 19.7. The van der Waals surface area contributed by atoms with Crippen molar-refractivity contribution in [2.45, 2.75) is 50.3 Å². The fourth-order valence-electron chi connectivity index (χ4n) is 3.54. The molecule has 0 aliphatic heterocycles. The molecule has 0 bridgehead atoms. The molecule has 6 nitrogen and oxygen atoms in total. The lowest BCUT2D eigenvalue weighted by molar-refractivity contribution is 0.102. The van der Waals surface area contributed by atoms with Crippen LogP contribution >= 0.6 is 0 Å². The molecule has 0 heterocycles. The minimum absolute atomic E-state index is 0.0832. The number of amides is 1. The lowest BCUT2D eigenvalue weighted by Gasteiger charge is -2.23. The van der Waals surface area contributed by atoms with Gasteiger partial charge in [-0.3, -0.25) is 4.79 Å². The quantitative estimate of drug-likeness (QED) is 0.645. The molecule has 1 fully saturated rings. The van der Waals surface area contributed by atoms with Gasteiger partial charge in [0.25, 0.3) is 5.91 Å². The highest BCUT2D eigenvalue weighted by Crippen LogP contribution is 2.35. The molecule has 2 aromatic rings. The van der Waals surface area contributed by atoms with Crippen LogP contribution in [0.25, 0.3) is 0 Å². The molecule has 0 spiro atoms. The van der Waals surface area contributed by atoms with Gasteiger partial charge in [-0.05, 0) is 62.6 Å². The van der Waals surface area contributed by atoms with Crippen LogP contribution in [0, 0.1) is 0 Å². The van der Waals surface area contributed by atoms with Crippen LogP contribution in [0.2, 0.25) is 0 Å². The zero-order valence-corrected chi connectivity index (χ0v) is 17.0. The summed E-state index contributed by atoms with van der Waals surface area (Å²) in [7, 11) is -3.30. The Bertz CT molecular complexity index is 940. The second-order valence-corrected chi connectivity index (χ2v) is 9.83. The van der Waals surface area contributed by atoms with Crippen molar-refractivity contribution in [1.82, 2.24) is 4.72 Å². The van der Waals surface area contributed by atoms with Gasteiger partial charge in [-0.1, -0.05) is 24.6 Å². The van der Waals surface area contributed by atoms with Crippen molar-refractivity contribution in [3.63, 3.8) is 0 Å². The van der Waals surface area contributed by atoms with E-state index in [2.05, 4.69) is 10.0 Å². The number of hydrogen-bond donors (Lipinski definition) is 3. The summed E-state index contributed by atoms with van der Waals surface area (Å²) in [5.41, 5.74) is 8.54. The Morgan fingerprint density at radius 3 is 2.46 bits per heavy atom. The van der Waals surface area contributed by atoms with E-state index in [-0.39, 0.29) is 17.9 Å². The summed E-state index contributed by atoms with van der Waals surface area (Å²) in [5.74, 6) is -0.0734. The predicted octanol–water partition coefficient (Wildman–Crippen LogP) is 3.49. The topological polar surface area (TPSA) is 101 Å². The van der Waals surface area contributed by atoms with Gasteiger partial charge in [0, 0.05) is 28.9 Å². The first kappa shape index (κ1) is 20.4. The second-order valence-electron chi connectivity index (χ2n) is 7.56. The molecule has 1 aliphatic rings. The van der Waals surface area contributed by atoms with Gasteiger partial charge in [0.15, 0.2) is 0 Å². The van der Waals surface area contributed by atoms with Crippen LogP contribution in [-0.4, -0.2) is 25.6 Å². The fourth-order valence-corrected chi connectivity index (χ4v) is 4.52. The Labute approximate surface area is 166 Å². The van der Waals surface area contributed by atoms with Gasteiger partial charge in [0.1, 0.15) is 0 Å². The summed E-state index contributed by atoms with van der Waals surface area (Å²) in [6, 6.07) is 14.4. The Hall–Kier alpha value is -2.38. The largest absolute Gasteiger partial charge is 0.399 e. The van der Waals surface area contributed by atoms with Crippen molar-refractivity contribution >= 4 is 27.3 Å². The van der Waals surface area contributed by atoms with Crippen LogP contribution in [0.5, 0.6) is 0 Å². The van der Waals surface area contributed by atoms with E-state index in [1.54, 1.807) is 38.1 Å². The van der Waals surface area contributed by atoms with Crippen LogP contribution in [0.3, 0.4) is 0 Å². The average molecular weight is 402 g/mol. The van der Waals surface area contributed by atoms with E-state index < -0.39 is 15.3 Å². The molecule has 150 valence electrons. The van der Waals surface area contributed by atoms with Gasteiger partial charge in [0.2, 0.25) is 10.0 Å². The second kappa shape index (κ2) is 8.32. The molecule has 1 saturated carbocycles. The monoisotopic (exact) mass is 401 g/mol. The van der Waals surface area contributed by atoms with Gasteiger partial charge in [0.05, 0.1) is 5.25 Å². The highest BCUT2D eigenvalue weighted by Gasteiger charge is 2.32. The molecule has 2 aromatic carbocycles. The van der Waals surface area contributed by atoms with Crippen molar-refractivity contribution in [2.24, 2.45) is 0 Å². The number of carbonyl (C=O) groups excluding carboxylic acids is 1. The molecular weight excluding hydrogens is 374 g/mol. The summed E-state index contributed by atoms with van der Waals surface area (Å²) in [5, 5.41) is 2.42. The molecule has 0 saturated heterocycles. The number of nitrogens with two attached hydrogens (primary N) is 1. The van der Waals surface area contributed by atoms with E-state index in [0.29, 0.717) is 16.9 Å². The molecule has 0 radical (unpaired) electrons. The summed E-state index contributed by atoms with van der Waals surface area (Å²) in [6.45, 7) is 3.37. The highest BCUT2D eigenvalue weighted by molar-refractivity contribution is 7.90. The molecule has 2 unspecified atom stereocenters. The summed E-state index contributed by atoms with van der Waals surface area (Å²) in [6.07, 6.45) is 2.77. The van der Waals surface area contributed by atoms with Crippen molar-refractivity contribution in [3.05, 3.63) is 59.7 Å². The van der Waals surface area contributed by atoms with Gasteiger partial charge in [-0.2, -0.15) is 0 Å². The molecule has 4 N–H and O–H groups in total. The summed E-state index contributed by atoms with van der Waals surface area (Å²) in [4.78, 5) is 12.3. The molecule has 2 atom stereocenters. The third-order valence-electron chi connectivity index (χ3n) is 5.20. The van der Waals surface area contributed by atoms with E-state index in [9.17, 15) is 13.2 Å². The van der Waals surface area contributed by atoms with Crippen LogP contribution in [0.4, 0.5) is 11.4 Å². The van der Waals surface area contributed by atoms with Crippen molar-refractivity contribution in [1.29, 1.82) is 0 Å². The van der Waals surface area contributed by atoms with Crippen molar-refractivity contribution in [3.8, 4) is 0 Å². The molecule has 1 aliphatic carbocycles. The number of rotatable bonds is 6. The number of anilines is 2. The molecule has 28 heavy (non-hydrogen) atoms. The van der Waals surface area contributed by atoms with Gasteiger partial charge >= 0.3 is 0 Å². The number of sulfonamides is 1. The van der Waals surface area contributed by atoms with Crippen molar-refractivity contribution < 1.29 is 13.2 Å². The third kappa shape index (κ3) is 4.72. The van der Waals surface area contributed by atoms with Crippen LogP contribution < -0.4 is 15.8 Å². The average Bonchev–Trinajstić information content (AvgIpc) is 3.09. The van der Waals surface area contributed by atoms with Gasteiger partial charge in [-0.15, -0.1) is 0 Å². The molecular formula is C21H27N3O3S. The minimum Gasteiger partial charge on any atom is -0.399 e. The first-order chi connectivity index (χ1) is 13.3. The lowest BCUT2D eigenvalue weighted by atomic mass is 9.94. The fraction of sp³-hybridized carbons (Fsp3) is 0.381. The minimum atomic E-state index is -3.30. The maximum absolute atomic E-state index is 12.3. The van der Waals surface area contributed by atoms with E-state index >= 15 is 0 Å². The van der Waals surface area contributed by atoms with Gasteiger partial charge < -0.3 is 11.1 Å². The van der Waals surface area contributed by atoms with Crippen molar-refractivity contribution in [2.75, 3.05) is 11.1 Å². The highest BCUT2D eigenvalue weighted by atomic mass is 32.2. The maximum Gasteiger partial charge on any atom is 0.255 e. The first-order valence-electron chi connectivity index (χ1n) is 9.54. The van der Waals surface area contributed by atoms with E-state index in [1.807, 2.05) is 24.3 Å². The van der Waals surface area contributed by atoms with E-state index in [1.165, 1.54) is 0 Å². The van der Waals surface area contributed by atoms with Crippen LogP contribution in [-0.2, 0) is 10.0 Å². The number of carbonyl (C=O) groups is 1. The Morgan fingerprint density at radius 1 is 1.11 bits per heavy atom. The zero-order chi connectivity index (χ0) is 20.3. The Balaban J connectivity index is 1.69. The molecule has 7 heteroatoms. The zero-order valence-electron chi connectivity index (χ0n) is 16.2. The Kier molecular flexibility index (Phi) is 6.05. The number of benzene rings is 2. The standard InChI is InChI=1S/C21H27N3O3S/c1-14(2)28(26,27)24-20-8-4-7-19(20)15-9-11-18(12-10-15)23-21(25)16-5-3-6-17(22)13-16/h3,5-6,9-14,19-20,24H,4,7-8,22H2,1-2H3,(H,23,25). The predicted molar refractivity (Wildman–Crippen MR) is 113 cm³/mol. The molecule has 1 amide bonds. The van der Waals surface area contributed by atoms with Gasteiger partial charge in [-0.25, -0.2) is 13.1 Å². The van der Waals surface area contributed by atoms with Crippen LogP contribution in [0.15, 0.2) is 48.5 Å². The summed E-state index contributed by atoms with van der Waals surface area (Å²) >= 11 is 0.